The Kier molecular flexibility index (Phi) is 6.08. The molecule has 2 amide bonds. The first-order chi connectivity index (χ1) is 14.6. The molecule has 0 radical (unpaired) electrons. The number of pyridine rings is 1. The van der Waals surface area contributed by atoms with Crippen LogP contribution in [0.5, 0.6) is 0 Å². The quantitative estimate of drug-likeness (QED) is 0.533. The number of carbonyl (C=O) groups is 2. The van der Waals surface area contributed by atoms with Gasteiger partial charge in [0.1, 0.15) is 0 Å². The minimum atomic E-state index is -0.615. The van der Waals surface area contributed by atoms with Crippen molar-refractivity contribution >= 4 is 22.7 Å². The predicted molar refractivity (Wildman–Crippen MR) is 112 cm³/mol. The minimum Gasteiger partial charge on any atom is -0.352 e. The zero-order chi connectivity index (χ0) is 20.9. The fourth-order valence-corrected chi connectivity index (χ4v) is 3.90. The number of piperidine rings is 1. The fraction of sp³-hybridized carbons (Fsp3) is 0.429. The summed E-state index contributed by atoms with van der Waals surface area (Å²) in [6, 6.07) is 3.44. The van der Waals surface area contributed by atoms with E-state index in [0.717, 1.165) is 29.4 Å². The third kappa shape index (κ3) is 4.68. The summed E-state index contributed by atoms with van der Waals surface area (Å²) >= 11 is 0. The molecule has 1 saturated heterocycles. The number of hydrogen-bond acceptors (Lipinski definition) is 5. The van der Waals surface area contributed by atoms with Crippen molar-refractivity contribution in [2.24, 2.45) is 5.73 Å². The van der Waals surface area contributed by atoms with E-state index in [0.29, 0.717) is 32.5 Å². The Bertz CT molecular complexity index is 990. The highest BCUT2D eigenvalue weighted by Gasteiger charge is 2.25. The Balaban J connectivity index is 1.21. The summed E-state index contributed by atoms with van der Waals surface area (Å²) < 4.78 is 2.06. The van der Waals surface area contributed by atoms with Gasteiger partial charge in [-0.05, 0) is 25.0 Å². The van der Waals surface area contributed by atoms with Gasteiger partial charge in [-0.15, -0.1) is 0 Å². The van der Waals surface area contributed by atoms with Crippen LogP contribution < -0.4 is 11.1 Å². The van der Waals surface area contributed by atoms with Gasteiger partial charge in [0, 0.05) is 68.2 Å². The molecule has 0 bridgehead atoms. The number of likely N-dealkylation sites (tertiary alicyclic amines) is 1. The van der Waals surface area contributed by atoms with Crippen molar-refractivity contribution in [3.8, 4) is 0 Å². The van der Waals surface area contributed by atoms with E-state index >= 15 is 0 Å². The second kappa shape index (κ2) is 9.08. The highest BCUT2D eigenvalue weighted by atomic mass is 16.2. The van der Waals surface area contributed by atoms with Gasteiger partial charge >= 0.3 is 0 Å². The highest BCUT2D eigenvalue weighted by Crippen LogP contribution is 2.16. The molecule has 1 aliphatic heterocycles. The third-order valence-electron chi connectivity index (χ3n) is 5.67. The first-order valence-electron chi connectivity index (χ1n) is 10.3. The van der Waals surface area contributed by atoms with Crippen LogP contribution in [0.3, 0.4) is 0 Å². The van der Waals surface area contributed by atoms with E-state index in [1.54, 1.807) is 18.7 Å². The average molecular weight is 409 g/mol. The molecule has 0 aromatic carbocycles. The molecule has 9 heteroatoms. The van der Waals surface area contributed by atoms with Crippen LogP contribution in [0.1, 0.15) is 25.0 Å². The number of nitrogens with zero attached hydrogens (tertiary/aromatic N) is 4. The number of fused-ring (bicyclic) bond motifs is 1. The van der Waals surface area contributed by atoms with E-state index in [2.05, 4.69) is 24.8 Å². The third-order valence-corrected chi connectivity index (χ3v) is 5.67. The molecule has 3 aromatic rings. The van der Waals surface area contributed by atoms with Gasteiger partial charge < -0.3 is 25.5 Å². The number of nitrogens with one attached hydrogen (secondary N) is 2. The van der Waals surface area contributed by atoms with Crippen LogP contribution in [0.2, 0.25) is 0 Å². The Morgan fingerprint density at radius 3 is 2.83 bits per heavy atom. The molecule has 158 valence electrons. The summed E-state index contributed by atoms with van der Waals surface area (Å²) in [5.74, 6) is -0.0241. The maximum atomic E-state index is 12.6. The molecule has 0 spiro atoms. The summed E-state index contributed by atoms with van der Waals surface area (Å²) in [6.07, 6.45) is 11.2. The minimum absolute atomic E-state index is 0.0498. The normalized spacial score (nSPS) is 16.0. The van der Waals surface area contributed by atoms with Crippen LogP contribution in [0.25, 0.3) is 10.9 Å². The summed E-state index contributed by atoms with van der Waals surface area (Å²) in [5.41, 5.74) is 7.87. The lowest BCUT2D eigenvalue weighted by atomic mass is 10.0. The number of imidazole rings is 1. The Morgan fingerprint density at radius 1 is 1.23 bits per heavy atom. The Labute approximate surface area is 174 Å². The van der Waals surface area contributed by atoms with E-state index in [9.17, 15) is 9.59 Å². The number of aromatic nitrogens is 4. The van der Waals surface area contributed by atoms with E-state index < -0.39 is 6.04 Å². The van der Waals surface area contributed by atoms with Crippen LogP contribution in [-0.4, -0.2) is 61.4 Å². The van der Waals surface area contributed by atoms with E-state index in [-0.39, 0.29) is 17.9 Å². The number of H-pyrrole nitrogens is 1. The topological polar surface area (TPSA) is 122 Å². The maximum absolute atomic E-state index is 12.6. The standard InChI is InChI=1S/C21H27N7O2/c22-18(11-17-12-24-14-25-17)21(30)26-16-3-8-28(9-4-16)20(29)5-10-27-7-2-15-1-6-23-13-19(15)27/h1-2,6-7,12-14,16,18H,3-5,8-11,22H2,(H,24,25)(H,26,30). The largest absolute Gasteiger partial charge is 0.352 e. The number of hydrogen-bond donors (Lipinski definition) is 3. The molecule has 0 aliphatic carbocycles. The highest BCUT2D eigenvalue weighted by molar-refractivity contribution is 5.82. The lowest BCUT2D eigenvalue weighted by Gasteiger charge is -2.33. The molecule has 1 atom stereocenters. The van der Waals surface area contributed by atoms with Gasteiger partial charge in [-0.1, -0.05) is 0 Å². The molecular weight excluding hydrogens is 382 g/mol. The number of amides is 2. The summed E-state index contributed by atoms with van der Waals surface area (Å²) in [6.45, 7) is 1.92. The maximum Gasteiger partial charge on any atom is 0.237 e. The van der Waals surface area contributed by atoms with Gasteiger partial charge in [-0.25, -0.2) is 4.98 Å². The SMILES string of the molecule is NC(Cc1cnc[nH]1)C(=O)NC1CCN(C(=O)CCn2ccc3ccncc32)CC1. The smallest absolute Gasteiger partial charge is 0.237 e. The van der Waals surface area contributed by atoms with Gasteiger partial charge in [0.15, 0.2) is 0 Å². The monoisotopic (exact) mass is 409 g/mol. The van der Waals surface area contributed by atoms with Gasteiger partial charge in [0.05, 0.1) is 24.1 Å². The first kappa shape index (κ1) is 20.1. The molecule has 1 unspecified atom stereocenters. The number of rotatable bonds is 7. The lowest BCUT2D eigenvalue weighted by Crippen LogP contribution is -2.51. The van der Waals surface area contributed by atoms with Crippen molar-refractivity contribution < 1.29 is 9.59 Å². The van der Waals surface area contributed by atoms with Gasteiger partial charge in [0.25, 0.3) is 0 Å². The molecule has 4 N–H and O–H groups in total. The molecule has 1 aliphatic rings. The molecule has 4 rings (SSSR count). The lowest BCUT2D eigenvalue weighted by molar-refractivity contribution is -0.132. The van der Waals surface area contributed by atoms with Crippen LogP contribution in [-0.2, 0) is 22.6 Å². The molecular formula is C21H27N7O2. The fourth-order valence-electron chi connectivity index (χ4n) is 3.90. The Morgan fingerprint density at radius 2 is 2.07 bits per heavy atom. The van der Waals surface area contributed by atoms with E-state index in [4.69, 9.17) is 5.73 Å². The zero-order valence-electron chi connectivity index (χ0n) is 16.8. The van der Waals surface area contributed by atoms with Crippen LogP contribution in [0.15, 0.2) is 43.2 Å². The van der Waals surface area contributed by atoms with Crippen LogP contribution in [0.4, 0.5) is 0 Å². The van der Waals surface area contributed by atoms with E-state index in [1.165, 1.54) is 0 Å². The van der Waals surface area contributed by atoms with Gasteiger partial charge in [-0.3, -0.25) is 14.6 Å². The molecule has 4 heterocycles. The van der Waals surface area contributed by atoms with Crippen molar-refractivity contribution in [2.45, 2.75) is 44.3 Å². The number of aromatic amines is 1. The summed E-state index contributed by atoms with van der Waals surface area (Å²) in [7, 11) is 0. The number of aryl methyl sites for hydroxylation is 1. The van der Waals surface area contributed by atoms with Crippen LogP contribution >= 0.6 is 0 Å². The molecule has 1 fully saturated rings. The van der Waals surface area contributed by atoms with Crippen LogP contribution in [0, 0.1) is 0 Å². The van der Waals surface area contributed by atoms with Crippen molar-refractivity contribution in [1.82, 2.24) is 29.7 Å². The van der Waals surface area contributed by atoms with Crippen molar-refractivity contribution in [1.29, 1.82) is 0 Å². The van der Waals surface area contributed by atoms with E-state index in [1.807, 2.05) is 29.4 Å². The second-order valence-corrected chi connectivity index (χ2v) is 7.74. The summed E-state index contributed by atoms with van der Waals surface area (Å²) in [5, 5.41) is 4.14. The molecule has 0 saturated carbocycles. The molecule has 3 aromatic heterocycles. The molecule has 9 nitrogen and oxygen atoms in total. The summed E-state index contributed by atoms with van der Waals surface area (Å²) in [4.78, 5) is 37.9. The van der Waals surface area contributed by atoms with Crippen molar-refractivity contribution in [2.75, 3.05) is 13.1 Å². The molecule has 30 heavy (non-hydrogen) atoms. The predicted octanol–water partition coefficient (Wildman–Crippen LogP) is 0.827. The average Bonchev–Trinajstić information content (AvgIpc) is 3.42. The second-order valence-electron chi connectivity index (χ2n) is 7.74. The number of nitrogens with two attached hydrogens (primary N) is 1. The van der Waals surface area contributed by atoms with Gasteiger partial charge in [-0.2, -0.15) is 0 Å². The number of carbonyl (C=O) groups excluding carboxylic acids is 2. The first-order valence-corrected chi connectivity index (χ1v) is 10.3. The zero-order valence-corrected chi connectivity index (χ0v) is 16.8. The van der Waals surface area contributed by atoms with Crippen molar-refractivity contribution in [3.63, 3.8) is 0 Å². The van der Waals surface area contributed by atoms with Crippen molar-refractivity contribution in [3.05, 3.63) is 48.9 Å². The Hall–Kier alpha value is -3.20. The van der Waals surface area contributed by atoms with Gasteiger partial charge in [0.2, 0.25) is 11.8 Å².